The summed E-state index contributed by atoms with van der Waals surface area (Å²) in [5, 5.41) is 3.66. The molecule has 2 aromatic rings. The fraction of sp³-hybridized carbons (Fsp3) is 0.520. The number of alkyl halides is 3. The van der Waals surface area contributed by atoms with E-state index in [0.717, 1.165) is 5.25 Å². The number of hydrogen-bond donors (Lipinski definition) is 1. The molecule has 0 amide bonds. The maximum atomic E-state index is 11.9. The second-order valence-corrected chi connectivity index (χ2v) is 12.5. The van der Waals surface area contributed by atoms with E-state index in [1.807, 2.05) is 0 Å². The van der Waals surface area contributed by atoms with Crippen LogP contribution >= 0.6 is 0 Å². The predicted molar refractivity (Wildman–Crippen MR) is 131 cm³/mol. The smallest absolute Gasteiger partial charge is 0.367 e. The van der Waals surface area contributed by atoms with Crippen molar-refractivity contribution < 1.29 is 31.2 Å². The van der Waals surface area contributed by atoms with Crippen LogP contribution in [0.4, 0.5) is 13.2 Å². The Labute approximate surface area is 203 Å². The van der Waals surface area contributed by atoms with Crippen LogP contribution in [0.1, 0.15) is 54.4 Å². The van der Waals surface area contributed by atoms with Crippen LogP contribution in [0.3, 0.4) is 0 Å². The molecular formula is C25H33F3O4S2. The summed E-state index contributed by atoms with van der Waals surface area (Å²) in [6.45, 7) is 2.64. The zero-order chi connectivity index (χ0) is 25.4. The quantitative estimate of drug-likeness (QED) is 0.375. The third kappa shape index (κ3) is 8.59. The Bertz CT molecular complexity index is 927. The molecule has 9 heteroatoms. The minimum atomic E-state index is -6.03. The maximum Gasteiger partial charge on any atom is 0.367 e. The van der Waals surface area contributed by atoms with Crippen molar-refractivity contribution in [2.24, 2.45) is 0 Å². The molecule has 1 atom stereocenters. The van der Waals surface area contributed by atoms with E-state index in [-0.39, 0.29) is 0 Å². The summed E-state index contributed by atoms with van der Waals surface area (Å²) in [6, 6.07) is 18.4. The van der Waals surface area contributed by atoms with Gasteiger partial charge in [-0.25, -0.2) is 12.8 Å². The lowest BCUT2D eigenvalue weighted by Gasteiger charge is -2.23. The van der Waals surface area contributed by atoms with Crippen LogP contribution in [0.25, 0.3) is 0 Å². The van der Waals surface area contributed by atoms with E-state index < -0.39 is 28.2 Å². The summed E-state index contributed by atoms with van der Waals surface area (Å²) in [5.41, 5.74) is 5.78. The van der Waals surface area contributed by atoms with E-state index in [0.29, 0.717) is 10.9 Å². The largest absolute Gasteiger partial charge is 0.743 e. The van der Waals surface area contributed by atoms with Gasteiger partial charge in [-0.1, -0.05) is 66.1 Å². The number of halogens is 3. The van der Waals surface area contributed by atoms with E-state index in [1.165, 1.54) is 65.9 Å². The van der Waals surface area contributed by atoms with Gasteiger partial charge >= 0.3 is 5.25 Å². The Balaban J connectivity index is 0.000000316. The second-order valence-electron chi connectivity index (χ2n) is 8.72. The molecule has 3 rings (SSSR count). The average molecular weight is 519 g/mol. The Morgan fingerprint density at radius 2 is 1.35 bits per heavy atom. The number of aliphatic hydroxyl groups is 1. The summed E-state index contributed by atoms with van der Waals surface area (Å²) in [7, 11) is -5.56. The van der Waals surface area contributed by atoms with Gasteiger partial charge in [-0.3, -0.25) is 0 Å². The normalized spacial score (nSPS) is 16.1. The van der Waals surface area contributed by atoms with Crippen LogP contribution in [0.15, 0.2) is 48.5 Å². The SMILES string of the molecule is Cc1ccc(C[S+](Cc2ccc(C)cc2)C2CCCCC2)cc1.O=S(=O)([O-])C(F)(F)C(F)CO. The summed E-state index contributed by atoms with van der Waals surface area (Å²) in [4.78, 5) is 0. The first kappa shape index (κ1) is 28.7. The predicted octanol–water partition coefficient (Wildman–Crippen LogP) is 5.41. The van der Waals surface area contributed by atoms with Crippen molar-refractivity contribution in [2.45, 2.75) is 74.1 Å². The number of aryl methyl sites for hydroxylation is 2. The first-order chi connectivity index (χ1) is 15.9. The Morgan fingerprint density at radius 3 is 1.68 bits per heavy atom. The van der Waals surface area contributed by atoms with Crippen molar-refractivity contribution in [1.82, 2.24) is 0 Å². The standard InChI is InChI=1S/C22H29S.C3H5F3O4S/c1-18-8-12-20(13-9-18)16-23(22-6-4-3-5-7-22)17-21-14-10-19(2)11-15-21;4-2(1-7)3(5,6)11(8,9)10/h8-15,22H,3-7,16-17H2,1-2H3;2,7H,1H2,(H,8,9,10)/q+1;/p-1. The lowest BCUT2D eigenvalue weighted by Crippen LogP contribution is -2.40. The fourth-order valence-corrected chi connectivity index (χ4v) is 6.95. The highest BCUT2D eigenvalue weighted by Gasteiger charge is 2.46. The third-order valence-corrected chi connectivity index (χ3v) is 9.57. The first-order valence-electron chi connectivity index (χ1n) is 11.3. The van der Waals surface area contributed by atoms with Crippen LogP contribution in [0, 0.1) is 13.8 Å². The van der Waals surface area contributed by atoms with Crippen molar-refractivity contribution in [1.29, 1.82) is 0 Å². The van der Waals surface area contributed by atoms with Crippen LogP contribution in [0.2, 0.25) is 0 Å². The molecule has 1 aliphatic carbocycles. The van der Waals surface area contributed by atoms with E-state index in [2.05, 4.69) is 62.4 Å². The minimum absolute atomic E-state index is 0.474. The van der Waals surface area contributed by atoms with E-state index in [9.17, 15) is 26.1 Å². The third-order valence-electron chi connectivity index (χ3n) is 5.83. The van der Waals surface area contributed by atoms with Crippen LogP contribution in [-0.2, 0) is 32.5 Å². The maximum absolute atomic E-state index is 11.9. The molecule has 1 saturated carbocycles. The molecule has 1 aliphatic rings. The first-order valence-corrected chi connectivity index (χ1v) is 14.3. The molecule has 2 aromatic carbocycles. The van der Waals surface area contributed by atoms with Crippen LogP contribution in [0.5, 0.6) is 0 Å². The number of hydrogen-bond acceptors (Lipinski definition) is 4. The highest BCUT2D eigenvalue weighted by atomic mass is 32.2. The molecule has 0 aromatic heterocycles. The van der Waals surface area contributed by atoms with Crippen LogP contribution < -0.4 is 0 Å². The Hall–Kier alpha value is -1.55. The van der Waals surface area contributed by atoms with Crippen molar-refractivity contribution >= 4 is 21.0 Å². The number of benzene rings is 2. The zero-order valence-electron chi connectivity index (χ0n) is 19.6. The fourth-order valence-electron chi connectivity index (χ4n) is 3.74. The molecule has 0 spiro atoms. The van der Waals surface area contributed by atoms with Gasteiger partial charge in [0.05, 0.1) is 6.61 Å². The number of rotatable bonds is 8. The van der Waals surface area contributed by atoms with Crippen molar-refractivity contribution in [3.05, 3.63) is 70.8 Å². The minimum Gasteiger partial charge on any atom is -0.743 e. The highest BCUT2D eigenvalue weighted by Crippen LogP contribution is 2.30. The summed E-state index contributed by atoms with van der Waals surface area (Å²) in [6.07, 6.45) is 3.85. The monoisotopic (exact) mass is 518 g/mol. The molecule has 0 heterocycles. The van der Waals surface area contributed by atoms with Crippen molar-refractivity contribution in [3.63, 3.8) is 0 Å². The highest BCUT2D eigenvalue weighted by molar-refractivity contribution is 7.96. The molecule has 190 valence electrons. The van der Waals surface area contributed by atoms with Gasteiger partial charge in [0.25, 0.3) is 0 Å². The van der Waals surface area contributed by atoms with E-state index in [4.69, 9.17) is 5.11 Å². The van der Waals surface area contributed by atoms with Crippen LogP contribution in [-0.4, -0.2) is 41.4 Å². The second kappa shape index (κ2) is 13.0. The zero-order valence-corrected chi connectivity index (χ0v) is 21.2. The Kier molecular flexibility index (Phi) is 10.9. The lowest BCUT2D eigenvalue weighted by molar-refractivity contribution is -0.0273. The van der Waals surface area contributed by atoms with Crippen molar-refractivity contribution in [2.75, 3.05) is 6.61 Å². The van der Waals surface area contributed by atoms with Crippen molar-refractivity contribution in [3.8, 4) is 0 Å². The number of aliphatic hydroxyl groups excluding tert-OH is 1. The van der Waals surface area contributed by atoms with Gasteiger partial charge in [0.2, 0.25) is 0 Å². The van der Waals surface area contributed by atoms with Gasteiger partial charge in [0.15, 0.2) is 16.3 Å². The molecule has 1 N–H and O–H groups in total. The molecular weight excluding hydrogens is 485 g/mol. The molecule has 1 fully saturated rings. The van der Waals surface area contributed by atoms with E-state index >= 15 is 0 Å². The molecule has 34 heavy (non-hydrogen) atoms. The van der Waals surface area contributed by atoms with E-state index in [1.54, 1.807) is 0 Å². The molecule has 0 radical (unpaired) electrons. The van der Waals surface area contributed by atoms with Gasteiger partial charge in [-0.05, 0) is 50.4 Å². The molecule has 0 saturated heterocycles. The lowest BCUT2D eigenvalue weighted by atomic mass is 10.0. The van der Waals surface area contributed by atoms with Gasteiger partial charge in [-0.2, -0.15) is 8.78 Å². The summed E-state index contributed by atoms with van der Waals surface area (Å²) < 4.78 is 64.4. The van der Waals surface area contributed by atoms with Gasteiger partial charge in [-0.15, -0.1) is 0 Å². The summed E-state index contributed by atoms with van der Waals surface area (Å²) >= 11 is 0. The Morgan fingerprint density at radius 1 is 0.941 bits per heavy atom. The van der Waals surface area contributed by atoms with Gasteiger partial charge in [0.1, 0.15) is 16.8 Å². The molecule has 4 nitrogen and oxygen atoms in total. The average Bonchev–Trinajstić information content (AvgIpc) is 2.81. The summed E-state index contributed by atoms with van der Waals surface area (Å²) in [5.74, 6) is 2.53. The van der Waals surface area contributed by atoms with Gasteiger partial charge in [0, 0.05) is 11.1 Å². The molecule has 1 unspecified atom stereocenters. The topological polar surface area (TPSA) is 77.4 Å². The molecule has 0 bridgehead atoms. The van der Waals surface area contributed by atoms with Gasteiger partial charge < -0.3 is 9.66 Å². The molecule has 0 aliphatic heterocycles.